The van der Waals surface area contributed by atoms with Gasteiger partial charge in [0.15, 0.2) is 5.03 Å². The van der Waals surface area contributed by atoms with Crippen LogP contribution in [0.3, 0.4) is 0 Å². The second-order valence-electron chi connectivity index (χ2n) is 3.95. The number of nitrogens with one attached hydrogen (secondary N) is 2. The number of hydrogen-bond acceptors (Lipinski definition) is 4. The minimum Gasteiger partial charge on any atom is -0.320 e. The first-order chi connectivity index (χ1) is 9.62. The largest absolute Gasteiger partial charge is 0.320 e. The van der Waals surface area contributed by atoms with Crippen molar-refractivity contribution in [3.8, 4) is 11.8 Å². The van der Waals surface area contributed by atoms with Crippen molar-refractivity contribution in [2.75, 3.05) is 6.54 Å². The summed E-state index contributed by atoms with van der Waals surface area (Å²) in [5, 5.41) is 6.07. The normalized spacial score (nSPS) is 10.8. The molecule has 0 atom stereocenters. The highest BCUT2D eigenvalue weighted by Gasteiger charge is 2.14. The van der Waals surface area contributed by atoms with E-state index in [9.17, 15) is 8.42 Å². The Bertz CT molecular complexity index is 727. The Kier molecular flexibility index (Phi) is 4.53. The molecule has 0 aliphatic heterocycles. The van der Waals surface area contributed by atoms with E-state index in [1.165, 1.54) is 12.3 Å². The third-order valence-corrected chi connectivity index (χ3v) is 3.82. The molecule has 0 bridgehead atoms. The van der Waals surface area contributed by atoms with Crippen molar-refractivity contribution in [3.05, 3.63) is 47.7 Å². The lowest BCUT2D eigenvalue weighted by Gasteiger charge is -2.05. The van der Waals surface area contributed by atoms with Crippen molar-refractivity contribution in [1.29, 1.82) is 0 Å². The SMILES string of the molecule is NCC#Cc1cccc(CNS(=O)(=O)c2ccn[nH]2)c1. The molecule has 0 amide bonds. The van der Waals surface area contributed by atoms with Crippen LogP contribution in [-0.2, 0) is 16.6 Å². The van der Waals surface area contributed by atoms with Crippen LogP contribution in [0.1, 0.15) is 11.1 Å². The zero-order valence-corrected chi connectivity index (χ0v) is 11.4. The van der Waals surface area contributed by atoms with Gasteiger partial charge < -0.3 is 5.73 Å². The standard InChI is InChI=1S/C13H14N4O2S/c14-7-2-5-11-3-1-4-12(9-11)10-16-20(18,19)13-6-8-15-17-13/h1,3-4,6,8-9,16H,7,10,14H2,(H,15,17). The highest BCUT2D eigenvalue weighted by molar-refractivity contribution is 7.89. The molecule has 1 aromatic carbocycles. The van der Waals surface area contributed by atoms with Gasteiger partial charge in [-0.1, -0.05) is 24.0 Å². The molecule has 0 unspecified atom stereocenters. The van der Waals surface area contributed by atoms with Gasteiger partial charge in [-0.2, -0.15) is 5.10 Å². The third kappa shape index (κ3) is 3.68. The molecule has 7 heteroatoms. The van der Waals surface area contributed by atoms with E-state index in [2.05, 4.69) is 26.8 Å². The lowest BCUT2D eigenvalue weighted by atomic mass is 10.1. The molecule has 0 fully saturated rings. The van der Waals surface area contributed by atoms with Crippen LogP contribution in [0.5, 0.6) is 0 Å². The van der Waals surface area contributed by atoms with Crippen molar-refractivity contribution in [1.82, 2.24) is 14.9 Å². The zero-order valence-electron chi connectivity index (χ0n) is 10.6. The monoisotopic (exact) mass is 290 g/mol. The van der Waals surface area contributed by atoms with Crippen LogP contribution in [0.25, 0.3) is 0 Å². The maximum Gasteiger partial charge on any atom is 0.257 e. The Morgan fingerprint density at radius 1 is 1.35 bits per heavy atom. The van der Waals surface area contributed by atoms with E-state index < -0.39 is 10.0 Å². The van der Waals surface area contributed by atoms with Gasteiger partial charge in [-0.25, -0.2) is 13.1 Å². The third-order valence-electron chi connectivity index (χ3n) is 2.49. The number of nitrogens with two attached hydrogens (primary N) is 1. The average molecular weight is 290 g/mol. The number of benzene rings is 1. The molecule has 6 nitrogen and oxygen atoms in total. The van der Waals surface area contributed by atoms with Crippen LogP contribution < -0.4 is 10.5 Å². The number of sulfonamides is 1. The van der Waals surface area contributed by atoms with Gasteiger partial charge in [0, 0.05) is 12.1 Å². The Hall–Kier alpha value is -2.14. The highest BCUT2D eigenvalue weighted by Crippen LogP contribution is 2.07. The molecule has 0 spiro atoms. The molecule has 2 rings (SSSR count). The van der Waals surface area contributed by atoms with Crippen molar-refractivity contribution >= 4 is 10.0 Å². The summed E-state index contributed by atoms with van der Waals surface area (Å²) in [4.78, 5) is 0. The van der Waals surface area contributed by atoms with Crippen molar-refractivity contribution in [2.45, 2.75) is 11.6 Å². The Morgan fingerprint density at radius 2 is 2.20 bits per heavy atom. The fourth-order valence-electron chi connectivity index (χ4n) is 1.56. The minimum atomic E-state index is -3.57. The first-order valence-corrected chi connectivity index (χ1v) is 7.37. The van der Waals surface area contributed by atoms with E-state index in [0.29, 0.717) is 0 Å². The molecule has 2 aromatic rings. The van der Waals surface area contributed by atoms with Gasteiger partial charge in [0.1, 0.15) is 0 Å². The van der Waals surface area contributed by atoms with Gasteiger partial charge in [-0.15, -0.1) is 0 Å². The number of nitrogens with zero attached hydrogens (tertiary/aromatic N) is 1. The quantitative estimate of drug-likeness (QED) is 0.700. The maximum atomic E-state index is 11.9. The van der Waals surface area contributed by atoms with Crippen LogP contribution in [0.2, 0.25) is 0 Å². The predicted molar refractivity (Wildman–Crippen MR) is 75.0 cm³/mol. The first kappa shape index (κ1) is 14.3. The molecule has 20 heavy (non-hydrogen) atoms. The first-order valence-electron chi connectivity index (χ1n) is 5.89. The van der Waals surface area contributed by atoms with E-state index in [-0.39, 0.29) is 18.1 Å². The zero-order chi connectivity index (χ0) is 14.4. The molecule has 0 aliphatic carbocycles. The van der Waals surface area contributed by atoms with E-state index in [1.54, 1.807) is 0 Å². The molecule has 104 valence electrons. The van der Waals surface area contributed by atoms with Gasteiger partial charge in [-0.3, -0.25) is 5.10 Å². The molecule has 0 saturated carbocycles. The maximum absolute atomic E-state index is 11.9. The summed E-state index contributed by atoms with van der Waals surface area (Å²) in [6, 6.07) is 8.70. The van der Waals surface area contributed by atoms with E-state index in [4.69, 9.17) is 5.73 Å². The Balaban J connectivity index is 2.08. The van der Waals surface area contributed by atoms with Crippen LogP contribution >= 0.6 is 0 Å². The van der Waals surface area contributed by atoms with Crippen LogP contribution in [0.4, 0.5) is 0 Å². The number of rotatable bonds is 4. The summed E-state index contributed by atoms with van der Waals surface area (Å²) < 4.78 is 26.3. The van der Waals surface area contributed by atoms with Gasteiger partial charge in [0.2, 0.25) is 0 Å². The van der Waals surface area contributed by atoms with Crippen LogP contribution in [0.15, 0.2) is 41.6 Å². The van der Waals surface area contributed by atoms with Crippen molar-refractivity contribution in [3.63, 3.8) is 0 Å². The van der Waals surface area contributed by atoms with E-state index >= 15 is 0 Å². The molecule has 0 aliphatic rings. The summed E-state index contributed by atoms with van der Waals surface area (Å²) in [6.07, 6.45) is 1.39. The molecule has 0 radical (unpaired) electrons. The molecule has 4 N–H and O–H groups in total. The summed E-state index contributed by atoms with van der Waals surface area (Å²) in [5.74, 6) is 5.65. The molecule has 1 aromatic heterocycles. The fraction of sp³-hybridized carbons (Fsp3) is 0.154. The van der Waals surface area contributed by atoms with Gasteiger partial charge in [0.05, 0.1) is 12.7 Å². The van der Waals surface area contributed by atoms with E-state index in [0.717, 1.165) is 11.1 Å². The smallest absolute Gasteiger partial charge is 0.257 e. The summed E-state index contributed by atoms with van der Waals surface area (Å²) in [6.45, 7) is 0.468. The molecular formula is C13H14N4O2S. The lowest BCUT2D eigenvalue weighted by Crippen LogP contribution is -2.23. The second kappa shape index (κ2) is 6.34. The topological polar surface area (TPSA) is 101 Å². The number of H-pyrrole nitrogens is 1. The second-order valence-corrected chi connectivity index (χ2v) is 5.69. The summed E-state index contributed by atoms with van der Waals surface area (Å²) in [7, 11) is -3.57. The van der Waals surface area contributed by atoms with Crippen molar-refractivity contribution in [2.24, 2.45) is 5.73 Å². The highest BCUT2D eigenvalue weighted by atomic mass is 32.2. The van der Waals surface area contributed by atoms with Crippen LogP contribution in [0, 0.1) is 11.8 Å². The van der Waals surface area contributed by atoms with Gasteiger partial charge in [-0.05, 0) is 23.8 Å². The Labute approximate surface area is 117 Å². The van der Waals surface area contributed by atoms with E-state index in [1.807, 2.05) is 24.3 Å². The number of aromatic nitrogens is 2. The predicted octanol–water partition coefficient (Wildman–Crippen LogP) is 0.198. The van der Waals surface area contributed by atoms with Crippen LogP contribution in [-0.4, -0.2) is 25.2 Å². The number of aromatic amines is 1. The summed E-state index contributed by atoms with van der Waals surface area (Å²) >= 11 is 0. The molecule has 1 heterocycles. The van der Waals surface area contributed by atoms with Gasteiger partial charge in [0.25, 0.3) is 10.0 Å². The lowest BCUT2D eigenvalue weighted by molar-refractivity contribution is 0.577. The van der Waals surface area contributed by atoms with Crippen molar-refractivity contribution < 1.29 is 8.42 Å². The minimum absolute atomic E-state index is 0.0385. The molecular weight excluding hydrogens is 276 g/mol. The molecule has 0 saturated heterocycles. The fourth-order valence-corrected chi connectivity index (χ4v) is 2.49. The number of hydrogen-bond donors (Lipinski definition) is 3. The van der Waals surface area contributed by atoms with Gasteiger partial charge >= 0.3 is 0 Å². The summed E-state index contributed by atoms with van der Waals surface area (Å²) in [5.41, 5.74) is 6.93. The Morgan fingerprint density at radius 3 is 2.90 bits per heavy atom. The average Bonchev–Trinajstić information content (AvgIpc) is 2.98.